The van der Waals surface area contributed by atoms with Crippen LogP contribution in [-0.2, 0) is 0 Å². The van der Waals surface area contributed by atoms with Gasteiger partial charge in [0.25, 0.3) is 0 Å². The summed E-state index contributed by atoms with van der Waals surface area (Å²) in [6, 6.07) is 0.739. The van der Waals surface area contributed by atoms with Gasteiger partial charge < -0.3 is 15.3 Å². The Morgan fingerprint density at radius 3 is 2.53 bits per heavy atom. The number of rotatable bonds is 6. The Bertz CT molecular complexity index is 216. The second-order valence-electron chi connectivity index (χ2n) is 6.03. The first-order valence-corrected chi connectivity index (χ1v) is 7.02. The lowest BCUT2D eigenvalue weighted by Crippen LogP contribution is -2.48. The molecule has 3 atom stereocenters. The van der Waals surface area contributed by atoms with E-state index in [2.05, 4.69) is 31.1 Å². The minimum atomic E-state index is -0.133. The topological polar surface area (TPSA) is 35.5 Å². The average molecular weight is 242 g/mol. The van der Waals surface area contributed by atoms with Crippen molar-refractivity contribution in [3.05, 3.63) is 0 Å². The van der Waals surface area contributed by atoms with Crippen LogP contribution in [0.2, 0.25) is 0 Å². The van der Waals surface area contributed by atoms with Gasteiger partial charge in [-0.15, -0.1) is 0 Å². The number of likely N-dealkylation sites (N-methyl/N-ethyl adjacent to an activating group) is 1. The number of aliphatic hydroxyl groups is 1. The van der Waals surface area contributed by atoms with E-state index in [0.717, 1.165) is 24.9 Å². The molecule has 17 heavy (non-hydrogen) atoms. The van der Waals surface area contributed by atoms with Crippen LogP contribution in [0.15, 0.2) is 0 Å². The van der Waals surface area contributed by atoms with Gasteiger partial charge in [0.1, 0.15) is 0 Å². The Hall–Kier alpha value is -0.120. The predicted octanol–water partition coefficient (Wildman–Crippen LogP) is 1.86. The number of nitrogens with one attached hydrogen (secondary N) is 1. The SMILES string of the molecule is CNC(C)(CO)CCN(C)C1CCCCC1C. The molecule has 2 N–H and O–H groups in total. The van der Waals surface area contributed by atoms with E-state index < -0.39 is 0 Å². The fourth-order valence-electron chi connectivity index (χ4n) is 2.82. The van der Waals surface area contributed by atoms with Crippen LogP contribution in [0.1, 0.15) is 46.0 Å². The van der Waals surface area contributed by atoms with Gasteiger partial charge in [-0.25, -0.2) is 0 Å². The molecule has 3 nitrogen and oxygen atoms in total. The van der Waals surface area contributed by atoms with Crippen LogP contribution in [0, 0.1) is 5.92 Å². The van der Waals surface area contributed by atoms with Gasteiger partial charge in [0.15, 0.2) is 0 Å². The quantitative estimate of drug-likeness (QED) is 0.746. The molecule has 0 heterocycles. The normalized spacial score (nSPS) is 29.3. The molecule has 0 aromatic heterocycles. The molecule has 0 radical (unpaired) electrons. The third kappa shape index (κ3) is 4.23. The van der Waals surface area contributed by atoms with E-state index in [0.29, 0.717) is 0 Å². The third-order valence-electron chi connectivity index (χ3n) is 4.60. The summed E-state index contributed by atoms with van der Waals surface area (Å²) in [6.45, 7) is 5.74. The molecule has 0 amide bonds. The lowest BCUT2D eigenvalue weighted by atomic mass is 9.84. The summed E-state index contributed by atoms with van der Waals surface area (Å²) in [5, 5.41) is 12.6. The molecule has 0 spiro atoms. The molecule has 0 aliphatic heterocycles. The monoisotopic (exact) mass is 242 g/mol. The Balaban J connectivity index is 2.40. The van der Waals surface area contributed by atoms with Crippen LogP contribution in [0.25, 0.3) is 0 Å². The second kappa shape index (κ2) is 6.72. The summed E-state index contributed by atoms with van der Waals surface area (Å²) in [7, 11) is 4.17. The second-order valence-corrected chi connectivity index (χ2v) is 6.03. The van der Waals surface area contributed by atoms with E-state index in [4.69, 9.17) is 0 Å². The highest BCUT2D eigenvalue weighted by Gasteiger charge is 2.27. The zero-order valence-corrected chi connectivity index (χ0v) is 12.0. The van der Waals surface area contributed by atoms with Gasteiger partial charge in [-0.3, -0.25) is 0 Å². The van der Waals surface area contributed by atoms with E-state index >= 15 is 0 Å². The molecule has 1 rings (SSSR count). The van der Waals surface area contributed by atoms with E-state index in [1.54, 1.807) is 0 Å². The number of hydrogen-bond donors (Lipinski definition) is 2. The largest absolute Gasteiger partial charge is 0.394 e. The van der Waals surface area contributed by atoms with E-state index in [9.17, 15) is 5.11 Å². The molecule has 1 aliphatic carbocycles. The van der Waals surface area contributed by atoms with Gasteiger partial charge in [-0.1, -0.05) is 19.8 Å². The Morgan fingerprint density at radius 1 is 1.35 bits per heavy atom. The maximum Gasteiger partial charge on any atom is 0.0610 e. The fourth-order valence-corrected chi connectivity index (χ4v) is 2.82. The van der Waals surface area contributed by atoms with Gasteiger partial charge in [0.2, 0.25) is 0 Å². The molecular weight excluding hydrogens is 212 g/mol. The fraction of sp³-hybridized carbons (Fsp3) is 1.00. The molecule has 1 aliphatic rings. The number of nitrogens with zero attached hydrogens (tertiary/aromatic N) is 1. The minimum Gasteiger partial charge on any atom is -0.394 e. The molecule has 3 unspecified atom stereocenters. The van der Waals surface area contributed by atoms with Crippen molar-refractivity contribution in [2.24, 2.45) is 5.92 Å². The van der Waals surface area contributed by atoms with Gasteiger partial charge in [-0.2, -0.15) is 0 Å². The first-order valence-electron chi connectivity index (χ1n) is 7.02. The van der Waals surface area contributed by atoms with Crippen LogP contribution >= 0.6 is 0 Å². The highest BCUT2D eigenvalue weighted by atomic mass is 16.3. The Morgan fingerprint density at radius 2 is 2.00 bits per heavy atom. The average Bonchev–Trinajstić information content (AvgIpc) is 2.36. The van der Waals surface area contributed by atoms with Crippen LogP contribution in [0.5, 0.6) is 0 Å². The molecular formula is C14H30N2O. The molecule has 3 heteroatoms. The molecule has 0 saturated heterocycles. The van der Waals surface area contributed by atoms with Gasteiger partial charge >= 0.3 is 0 Å². The summed E-state index contributed by atoms with van der Waals surface area (Å²) in [4.78, 5) is 2.50. The van der Waals surface area contributed by atoms with E-state index in [1.807, 2.05) is 7.05 Å². The maximum absolute atomic E-state index is 9.38. The summed E-state index contributed by atoms with van der Waals surface area (Å²) in [6.07, 6.45) is 6.49. The molecule has 0 aromatic rings. The summed E-state index contributed by atoms with van der Waals surface area (Å²) in [5.74, 6) is 0.823. The van der Waals surface area contributed by atoms with Crippen LogP contribution < -0.4 is 5.32 Å². The minimum absolute atomic E-state index is 0.133. The van der Waals surface area contributed by atoms with Crippen LogP contribution in [-0.4, -0.2) is 48.8 Å². The van der Waals surface area contributed by atoms with Crippen molar-refractivity contribution in [2.45, 2.75) is 57.5 Å². The summed E-state index contributed by atoms with van der Waals surface area (Å²) >= 11 is 0. The third-order valence-corrected chi connectivity index (χ3v) is 4.60. The van der Waals surface area contributed by atoms with Crippen molar-refractivity contribution < 1.29 is 5.11 Å². The number of hydrogen-bond acceptors (Lipinski definition) is 3. The van der Waals surface area contributed by atoms with Crippen molar-refractivity contribution in [3.8, 4) is 0 Å². The summed E-state index contributed by atoms with van der Waals surface area (Å²) < 4.78 is 0. The van der Waals surface area contributed by atoms with Crippen molar-refractivity contribution in [1.82, 2.24) is 10.2 Å². The Kier molecular flexibility index (Phi) is 5.90. The highest BCUT2D eigenvalue weighted by Crippen LogP contribution is 2.27. The summed E-state index contributed by atoms with van der Waals surface area (Å²) in [5.41, 5.74) is -0.133. The van der Waals surface area contributed by atoms with Gasteiger partial charge in [0.05, 0.1) is 6.61 Å². The van der Waals surface area contributed by atoms with Gasteiger partial charge in [0, 0.05) is 11.6 Å². The standard InChI is InChI=1S/C14H30N2O/c1-12-7-5-6-8-13(12)16(4)10-9-14(2,11-17)15-3/h12-13,15,17H,5-11H2,1-4H3. The smallest absolute Gasteiger partial charge is 0.0610 e. The molecule has 0 aromatic carbocycles. The predicted molar refractivity (Wildman–Crippen MR) is 73.2 cm³/mol. The first-order chi connectivity index (χ1) is 8.02. The maximum atomic E-state index is 9.38. The molecule has 1 fully saturated rings. The zero-order valence-electron chi connectivity index (χ0n) is 12.0. The first kappa shape index (κ1) is 14.9. The van der Waals surface area contributed by atoms with E-state index in [-0.39, 0.29) is 12.1 Å². The van der Waals surface area contributed by atoms with Crippen molar-refractivity contribution in [3.63, 3.8) is 0 Å². The molecule has 102 valence electrons. The van der Waals surface area contributed by atoms with Crippen molar-refractivity contribution in [2.75, 3.05) is 27.2 Å². The van der Waals surface area contributed by atoms with Crippen LogP contribution in [0.4, 0.5) is 0 Å². The Labute approximate surface area is 107 Å². The molecule has 1 saturated carbocycles. The highest BCUT2D eigenvalue weighted by molar-refractivity contribution is 4.84. The lowest BCUT2D eigenvalue weighted by Gasteiger charge is -2.38. The zero-order chi connectivity index (χ0) is 12.9. The van der Waals surface area contributed by atoms with Crippen molar-refractivity contribution in [1.29, 1.82) is 0 Å². The van der Waals surface area contributed by atoms with Crippen LogP contribution in [0.3, 0.4) is 0 Å². The van der Waals surface area contributed by atoms with Gasteiger partial charge in [-0.05, 0) is 52.7 Å². The van der Waals surface area contributed by atoms with Crippen molar-refractivity contribution >= 4 is 0 Å². The van der Waals surface area contributed by atoms with E-state index in [1.165, 1.54) is 25.7 Å². The number of aliphatic hydroxyl groups excluding tert-OH is 1. The lowest BCUT2D eigenvalue weighted by molar-refractivity contribution is 0.110. The molecule has 0 bridgehead atoms.